The number of hydrogen-bond acceptors (Lipinski definition) is 6. The maximum atomic E-state index is 5.30. The van der Waals surface area contributed by atoms with Crippen LogP contribution in [-0.2, 0) is 0 Å². The lowest BCUT2D eigenvalue weighted by molar-refractivity contribution is 1.11. The summed E-state index contributed by atoms with van der Waals surface area (Å²) in [5, 5.41) is 0. The lowest BCUT2D eigenvalue weighted by Crippen LogP contribution is -2.62. The van der Waals surface area contributed by atoms with Crippen LogP contribution in [0.25, 0.3) is 11.1 Å². The molecule has 52 heavy (non-hydrogen) atoms. The maximum Gasteiger partial charge on any atom is 0.258 e. The van der Waals surface area contributed by atoms with Crippen LogP contribution in [0.4, 0.5) is 51.6 Å². The average Bonchev–Trinajstić information content (AvgIpc) is 3.22. The van der Waals surface area contributed by atoms with Gasteiger partial charge in [0.25, 0.3) is 6.71 Å². The molecule has 0 atom stereocenters. The Balaban J connectivity index is 1.20. The van der Waals surface area contributed by atoms with Gasteiger partial charge in [0.15, 0.2) is 0 Å². The fourth-order valence-corrected chi connectivity index (χ4v) is 7.72. The lowest BCUT2D eigenvalue weighted by Gasteiger charge is -2.42. The van der Waals surface area contributed by atoms with Gasteiger partial charge in [-0.2, -0.15) is 0 Å². The van der Waals surface area contributed by atoms with Crippen molar-refractivity contribution in [3.05, 3.63) is 188 Å². The number of fused-ring (bicyclic) bond motifs is 4. The number of aromatic nitrogens is 3. The van der Waals surface area contributed by atoms with Crippen LogP contribution in [0.3, 0.4) is 0 Å². The van der Waals surface area contributed by atoms with Crippen LogP contribution in [0.1, 0.15) is 0 Å². The minimum absolute atomic E-state index is 0.155. The van der Waals surface area contributed by atoms with E-state index in [0.717, 1.165) is 68.0 Å². The zero-order valence-electron chi connectivity index (χ0n) is 28.2. The Labute approximate surface area is 303 Å². The highest BCUT2D eigenvalue weighted by Gasteiger charge is 2.45. The molecular weight excluding hydrogens is 635 g/mol. The summed E-state index contributed by atoms with van der Waals surface area (Å²) in [6.45, 7) is -0.155. The van der Waals surface area contributed by atoms with E-state index in [4.69, 9.17) is 15.0 Å². The van der Waals surface area contributed by atoms with Crippen LogP contribution < -0.4 is 31.1 Å². The third-order valence-electron chi connectivity index (χ3n) is 9.96. The molecule has 6 nitrogen and oxygen atoms in total. The molecular formula is C45H31BN6. The topological polar surface area (TPSA) is 48.4 Å². The van der Waals surface area contributed by atoms with Gasteiger partial charge in [0, 0.05) is 40.8 Å². The van der Waals surface area contributed by atoms with Gasteiger partial charge in [-0.3, -0.25) is 9.80 Å². The predicted octanol–water partition coefficient (Wildman–Crippen LogP) is 9.09. The van der Waals surface area contributed by atoms with Crippen LogP contribution in [0.15, 0.2) is 188 Å². The quantitative estimate of drug-likeness (QED) is 0.165. The molecule has 2 aliphatic heterocycles. The summed E-state index contributed by atoms with van der Waals surface area (Å²) in [6, 6.07) is 59.3. The van der Waals surface area contributed by atoms with Crippen molar-refractivity contribution in [1.82, 2.24) is 15.0 Å². The van der Waals surface area contributed by atoms with E-state index in [1.165, 1.54) is 11.1 Å². The van der Waals surface area contributed by atoms with Gasteiger partial charge in [-0.1, -0.05) is 103 Å². The zero-order chi connectivity index (χ0) is 34.4. The van der Waals surface area contributed by atoms with Gasteiger partial charge in [-0.15, -0.1) is 0 Å². The van der Waals surface area contributed by atoms with Gasteiger partial charge in [0.2, 0.25) is 0 Å². The number of rotatable bonds is 6. The van der Waals surface area contributed by atoms with Gasteiger partial charge in [0.1, 0.15) is 17.5 Å². The van der Waals surface area contributed by atoms with E-state index in [1.807, 2.05) is 48.9 Å². The summed E-state index contributed by atoms with van der Waals surface area (Å²) in [5.41, 5.74) is 11.9. The summed E-state index contributed by atoms with van der Waals surface area (Å²) in [7, 11) is 0. The lowest BCUT2D eigenvalue weighted by atomic mass is 9.34. The fourth-order valence-electron chi connectivity index (χ4n) is 7.72. The van der Waals surface area contributed by atoms with Crippen molar-refractivity contribution in [3.63, 3.8) is 0 Å². The van der Waals surface area contributed by atoms with Gasteiger partial charge >= 0.3 is 0 Å². The van der Waals surface area contributed by atoms with Crippen LogP contribution in [0.2, 0.25) is 0 Å². The van der Waals surface area contributed by atoms with Gasteiger partial charge < -0.3 is 4.90 Å². The average molecular weight is 667 g/mol. The Morgan fingerprint density at radius 3 is 1.69 bits per heavy atom. The molecule has 2 aliphatic rings. The van der Waals surface area contributed by atoms with Gasteiger partial charge in [-0.25, -0.2) is 15.0 Å². The smallest absolute Gasteiger partial charge is 0.258 e. The molecule has 5 heterocycles. The summed E-state index contributed by atoms with van der Waals surface area (Å²) in [6.07, 6.45) is 5.78. The monoisotopic (exact) mass is 666 g/mol. The number of benzene rings is 5. The molecule has 7 heteroatoms. The number of para-hydroxylation sites is 3. The van der Waals surface area contributed by atoms with Crippen molar-refractivity contribution >= 4 is 74.7 Å². The van der Waals surface area contributed by atoms with Crippen LogP contribution >= 0.6 is 0 Å². The van der Waals surface area contributed by atoms with E-state index in [0.29, 0.717) is 0 Å². The predicted molar refractivity (Wildman–Crippen MR) is 214 cm³/mol. The largest absolute Gasteiger partial charge is 0.309 e. The second-order valence-electron chi connectivity index (χ2n) is 12.9. The van der Waals surface area contributed by atoms with E-state index in [9.17, 15) is 0 Å². The molecule has 244 valence electrons. The Bertz CT molecular complexity index is 2490. The summed E-state index contributed by atoms with van der Waals surface area (Å²) >= 11 is 0. The van der Waals surface area contributed by atoms with Crippen molar-refractivity contribution < 1.29 is 0 Å². The second kappa shape index (κ2) is 12.4. The Kier molecular flexibility index (Phi) is 7.13. The molecule has 0 amide bonds. The molecule has 10 rings (SSSR count). The molecule has 0 aliphatic carbocycles. The third kappa shape index (κ3) is 4.86. The van der Waals surface area contributed by atoms with Crippen LogP contribution in [0, 0.1) is 0 Å². The van der Waals surface area contributed by atoms with Gasteiger partial charge in [0.05, 0.1) is 11.9 Å². The molecule has 0 bridgehead atoms. The van der Waals surface area contributed by atoms with Crippen LogP contribution in [-0.4, -0.2) is 21.7 Å². The zero-order valence-corrected chi connectivity index (χ0v) is 28.2. The second-order valence-corrected chi connectivity index (χ2v) is 12.9. The number of anilines is 9. The molecule has 0 fully saturated rings. The van der Waals surface area contributed by atoms with E-state index in [2.05, 4.69) is 154 Å². The van der Waals surface area contributed by atoms with Crippen molar-refractivity contribution in [2.24, 2.45) is 0 Å². The number of hydrogen-bond donors (Lipinski definition) is 0. The molecule has 5 aromatic carbocycles. The summed E-state index contributed by atoms with van der Waals surface area (Å²) in [5.74, 6) is 2.62. The Hall–Kier alpha value is -6.99. The molecule has 0 spiro atoms. The number of nitrogens with zero attached hydrogens (tertiary/aromatic N) is 6. The number of pyridine rings is 3. The van der Waals surface area contributed by atoms with E-state index >= 15 is 0 Å². The minimum Gasteiger partial charge on any atom is -0.309 e. The molecule has 0 N–H and O–H groups in total. The normalized spacial score (nSPS) is 12.5. The van der Waals surface area contributed by atoms with Crippen molar-refractivity contribution in [1.29, 1.82) is 0 Å². The molecule has 0 radical (unpaired) electrons. The van der Waals surface area contributed by atoms with Crippen molar-refractivity contribution in [3.8, 4) is 11.1 Å². The summed E-state index contributed by atoms with van der Waals surface area (Å²) < 4.78 is 0. The van der Waals surface area contributed by atoms with E-state index in [-0.39, 0.29) is 6.71 Å². The Morgan fingerprint density at radius 1 is 0.423 bits per heavy atom. The fraction of sp³-hybridized carbons (Fsp3) is 0. The first-order chi connectivity index (χ1) is 25.8. The standard InChI is InChI=1S/C45H31BN6/c1-5-14-32(15-6-1)33-23-25-37(26-24-33)51-41-27-29-48-45-42(41)46(39-22-13-28-47-43(39)51)40-30-38(31-49-44(40)52(45)36-20-11-4-12-21-36)50(34-16-7-2-8-17-34)35-18-9-3-10-19-35/h1-31H. The first-order valence-electron chi connectivity index (χ1n) is 17.5. The maximum absolute atomic E-state index is 5.30. The molecule has 0 unspecified atom stereocenters. The molecule has 3 aromatic heterocycles. The Morgan fingerprint density at radius 2 is 1.00 bits per heavy atom. The SMILES string of the molecule is c1ccc(-c2ccc(N3c4ccnc5c4B(c4cccnc43)c3cc(N(c4ccccc4)c4ccccc4)cnc3N5c3ccccc3)cc2)cc1. The highest BCUT2D eigenvalue weighted by molar-refractivity contribution is 7.00. The molecule has 8 aromatic rings. The van der Waals surface area contributed by atoms with Crippen LogP contribution in [0.5, 0.6) is 0 Å². The van der Waals surface area contributed by atoms with E-state index in [1.54, 1.807) is 0 Å². The first kappa shape index (κ1) is 29.9. The molecule has 0 saturated carbocycles. The third-order valence-corrected chi connectivity index (χ3v) is 9.96. The minimum atomic E-state index is -0.155. The summed E-state index contributed by atoms with van der Waals surface area (Å²) in [4.78, 5) is 22.2. The molecule has 0 saturated heterocycles. The van der Waals surface area contributed by atoms with Crippen molar-refractivity contribution in [2.45, 2.75) is 0 Å². The van der Waals surface area contributed by atoms with Crippen molar-refractivity contribution in [2.75, 3.05) is 14.7 Å². The first-order valence-corrected chi connectivity index (χ1v) is 17.5. The highest BCUT2D eigenvalue weighted by Crippen LogP contribution is 2.43. The van der Waals surface area contributed by atoms with Gasteiger partial charge in [-0.05, 0) is 94.2 Å². The highest BCUT2D eigenvalue weighted by atomic mass is 15.3. The van der Waals surface area contributed by atoms with E-state index < -0.39 is 0 Å².